The van der Waals surface area contributed by atoms with Crippen LogP contribution < -0.4 is 14.2 Å². The summed E-state index contributed by atoms with van der Waals surface area (Å²) < 4.78 is 16.2. The number of hydrogen-bond acceptors (Lipinski definition) is 4. The average molecular weight is 312 g/mol. The van der Waals surface area contributed by atoms with Gasteiger partial charge in [0.05, 0.1) is 20.6 Å². The van der Waals surface area contributed by atoms with Crippen molar-refractivity contribution >= 4 is 5.97 Å². The summed E-state index contributed by atoms with van der Waals surface area (Å²) in [6.07, 6.45) is 0.325. The van der Waals surface area contributed by atoms with E-state index in [1.54, 1.807) is 14.2 Å². The first kappa shape index (κ1) is 15.4. The summed E-state index contributed by atoms with van der Waals surface area (Å²) in [4.78, 5) is 12.0. The Balaban J connectivity index is 2.13. The number of aryl methyl sites for hydroxylation is 2. The predicted octanol–water partition coefficient (Wildman–Crippen LogP) is 3.76. The molecule has 2 aromatic carbocycles. The van der Waals surface area contributed by atoms with Crippen LogP contribution in [-0.2, 0) is 4.79 Å². The highest BCUT2D eigenvalue weighted by Crippen LogP contribution is 2.43. The summed E-state index contributed by atoms with van der Waals surface area (Å²) in [7, 11) is 3.22. The predicted molar refractivity (Wildman–Crippen MR) is 87.6 cm³/mol. The van der Waals surface area contributed by atoms with Crippen LogP contribution in [0.25, 0.3) is 0 Å². The number of carbonyl (C=O) groups is 1. The van der Waals surface area contributed by atoms with E-state index >= 15 is 0 Å². The number of carbonyl (C=O) groups excluding carboxylic acids is 1. The van der Waals surface area contributed by atoms with Crippen molar-refractivity contribution in [2.75, 3.05) is 14.2 Å². The van der Waals surface area contributed by atoms with Gasteiger partial charge in [0, 0.05) is 11.5 Å². The quantitative estimate of drug-likeness (QED) is 0.639. The third-order valence-electron chi connectivity index (χ3n) is 4.22. The van der Waals surface area contributed by atoms with Crippen LogP contribution in [0.1, 0.15) is 34.6 Å². The third kappa shape index (κ3) is 2.77. The fraction of sp³-hybridized carbons (Fsp3) is 0.316. The summed E-state index contributed by atoms with van der Waals surface area (Å²) >= 11 is 0. The molecule has 1 aliphatic rings. The number of fused-ring (bicyclic) bond motifs is 1. The van der Waals surface area contributed by atoms with Gasteiger partial charge >= 0.3 is 5.97 Å². The summed E-state index contributed by atoms with van der Waals surface area (Å²) in [5, 5.41) is 0. The molecule has 0 fully saturated rings. The Morgan fingerprint density at radius 1 is 1.04 bits per heavy atom. The molecule has 0 aliphatic carbocycles. The molecule has 0 aromatic heterocycles. The van der Waals surface area contributed by atoms with Gasteiger partial charge in [-0.3, -0.25) is 4.79 Å². The van der Waals surface area contributed by atoms with E-state index < -0.39 is 0 Å². The molecule has 4 heteroatoms. The molecular weight excluding hydrogens is 292 g/mol. The van der Waals surface area contributed by atoms with Crippen molar-refractivity contribution in [2.45, 2.75) is 26.2 Å². The van der Waals surface area contributed by atoms with E-state index in [4.69, 9.17) is 14.2 Å². The lowest BCUT2D eigenvalue weighted by molar-refractivity contribution is -0.135. The van der Waals surface area contributed by atoms with Gasteiger partial charge in [0.15, 0.2) is 11.5 Å². The lowest BCUT2D eigenvalue weighted by Crippen LogP contribution is -2.22. The fourth-order valence-corrected chi connectivity index (χ4v) is 3.18. The molecule has 0 unspecified atom stereocenters. The SMILES string of the molecule is COc1ccc([C@@H]2CC(=O)Oc3c(C)cc(C)cc32)cc1OC. The zero-order valence-electron chi connectivity index (χ0n) is 13.8. The van der Waals surface area contributed by atoms with E-state index in [0.29, 0.717) is 23.7 Å². The van der Waals surface area contributed by atoms with Crippen LogP contribution in [0.4, 0.5) is 0 Å². The summed E-state index contributed by atoms with van der Waals surface area (Å²) in [6.45, 7) is 4.02. The topological polar surface area (TPSA) is 44.8 Å². The first-order chi connectivity index (χ1) is 11.0. The Bertz CT molecular complexity index is 764. The van der Waals surface area contributed by atoms with Crippen LogP contribution >= 0.6 is 0 Å². The van der Waals surface area contributed by atoms with Crippen LogP contribution in [0.5, 0.6) is 17.2 Å². The minimum absolute atomic E-state index is 0.0374. The van der Waals surface area contributed by atoms with Gasteiger partial charge in [0.2, 0.25) is 0 Å². The Hall–Kier alpha value is -2.49. The van der Waals surface area contributed by atoms with Gasteiger partial charge in [-0.15, -0.1) is 0 Å². The molecule has 1 atom stereocenters. The van der Waals surface area contributed by atoms with Gasteiger partial charge in [-0.2, -0.15) is 0 Å². The molecule has 2 aromatic rings. The maximum atomic E-state index is 12.0. The number of rotatable bonds is 3. The van der Waals surface area contributed by atoms with Gasteiger partial charge in [-0.25, -0.2) is 0 Å². The van der Waals surface area contributed by atoms with Crippen molar-refractivity contribution in [3.8, 4) is 17.2 Å². The molecule has 0 amide bonds. The fourth-order valence-electron chi connectivity index (χ4n) is 3.18. The molecule has 120 valence electrons. The smallest absolute Gasteiger partial charge is 0.312 e. The van der Waals surface area contributed by atoms with Gasteiger partial charge < -0.3 is 14.2 Å². The first-order valence-electron chi connectivity index (χ1n) is 7.57. The third-order valence-corrected chi connectivity index (χ3v) is 4.22. The van der Waals surface area contributed by atoms with Gasteiger partial charge in [-0.1, -0.05) is 23.8 Å². The number of hydrogen-bond donors (Lipinski definition) is 0. The van der Waals surface area contributed by atoms with Gasteiger partial charge in [-0.05, 0) is 37.1 Å². The van der Waals surface area contributed by atoms with E-state index in [1.165, 1.54) is 0 Å². The molecule has 0 N–H and O–H groups in total. The maximum absolute atomic E-state index is 12.0. The van der Waals surface area contributed by atoms with E-state index in [-0.39, 0.29) is 11.9 Å². The summed E-state index contributed by atoms with van der Waals surface area (Å²) in [5.74, 6) is 1.78. The summed E-state index contributed by atoms with van der Waals surface area (Å²) in [5.41, 5.74) is 4.21. The molecule has 0 saturated carbocycles. The van der Waals surface area contributed by atoms with Crippen molar-refractivity contribution in [3.05, 3.63) is 52.6 Å². The maximum Gasteiger partial charge on any atom is 0.312 e. The normalized spacial score (nSPS) is 16.5. The van der Waals surface area contributed by atoms with Crippen molar-refractivity contribution in [1.29, 1.82) is 0 Å². The Labute approximate surface area is 136 Å². The van der Waals surface area contributed by atoms with Crippen LogP contribution in [-0.4, -0.2) is 20.2 Å². The molecule has 0 radical (unpaired) electrons. The molecule has 23 heavy (non-hydrogen) atoms. The summed E-state index contributed by atoms with van der Waals surface area (Å²) in [6, 6.07) is 9.91. The highest BCUT2D eigenvalue weighted by molar-refractivity contribution is 5.78. The number of methoxy groups -OCH3 is 2. The lowest BCUT2D eigenvalue weighted by Gasteiger charge is -2.27. The van der Waals surface area contributed by atoms with Crippen LogP contribution in [0.15, 0.2) is 30.3 Å². The second-order valence-electron chi connectivity index (χ2n) is 5.85. The molecule has 0 bridgehead atoms. The van der Waals surface area contributed by atoms with Crippen LogP contribution in [0.3, 0.4) is 0 Å². The minimum Gasteiger partial charge on any atom is -0.493 e. The zero-order valence-corrected chi connectivity index (χ0v) is 13.8. The van der Waals surface area contributed by atoms with Crippen LogP contribution in [0.2, 0.25) is 0 Å². The van der Waals surface area contributed by atoms with Gasteiger partial charge in [0.1, 0.15) is 5.75 Å². The molecule has 0 spiro atoms. The zero-order chi connectivity index (χ0) is 16.6. The molecule has 4 nitrogen and oxygen atoms in total. The van der Waals surface area contributed by atoms with Crippen molar-refractivity contribution in [1.82, 2.24) is 0 Å². The monoisotopic (exact) mass is 312 g/mol. The molecule has 1 aliphatic heterocycles. The van der Waals surface area contributed by atoms with E-state index in [9.17, 15) is 4.79 Å². The molecule has 3 rings (SSSR count). The number of benzene rings is 2. The number of esters is 1. The molecule has 1 heterocycles. The van der Waals surface area contributed by atoms with Crippen molar-refractivity contribution in [2.24, 2.45) is 0 Å². The average Bonchev–Trinajstić information content (AvgIpc) is 2.54. The lowest BCUT2D eigenvalue weighted by atomic mass is 9.84. The van der Waals surface area contributed by atoms with E-state index in [1.807, 2.05) is 31.2 Å². The first-order valence-corrected chi connectivity index (χ1v) is 7.57. The second kappa shape index (κ2) is 5.95. The van der Waals surface area contributed by atoms with Gasteiger partial charge in [0.25, 0.3) is 0 Å². The van der Waals surface area contributed by atoms with Crippen molar-refractivity contribution in [3.63, 3.8) is 0 Å². The molecular formula is C19H20O4. The number of ether oxygens (including phenoxy) is 3. The minimum atomic E-state index is -0.204. The van der Waals surface area contributed by atoms with Crippen LogP contribution in [0, 0.1) is 13.8 Å². The molecule has 0 saturated heterocycles. The Morgan fingerprint density at radius 2 is 1.78 bits per heavy atom. The van der Waals surface area contributed by atoms with E-state index in [2.05, 4.69) is 13.0 Å². The highest BCUT2D eigenvalue weighted by atomic mass is 16.5. The largest absolute Gasteiger partial charge is 0.493 e. The Morgan fingerprint density at radius 3 is 2.48 bits per heavy atom. The Kier molecular flexibility index (Phi) is 3.99. The van der Waals surface area contributed by atoms with Crippen molar-refractivity contribution < 1.29 is 19.0 Å². The standard InChI is InChI=1S/C19H20O4/c1-11-7-12(2)19-15(8-11)14(10-18(20)23-19)13-5-6-16(21-3)17(9-13)22-4/h5-9,14H,10H2,1-4H3/t14-/m0/s1. The highest BCUT2D eigenvalue weighted by Gasteiger charge is 2.30. The van der Waals surface area contributed by atoms with E-state index in [0.717, 1.165) is 22.3 Å². The second-order valence-corrected chi connectivity index (χ2v) is 5.85.